The molecule has 3 rings (SSSR count). The van der Waals surface area contributed by atoms with E-state index in [2.05, 4.69) is 20.6 Å². The molecule has 0 saturated heterocycles. The molecule has 0 aliphatic heterocycles. The Morgan fingerprint density at radius 2 is 1.88 bits per heavy atom. The molecule has 11 heteroatoms. The number of benzene rings is 1. The van der Waals surface area contributed by atoms with Gasteiger partial charge in [-0.15, -0.1) is 4.91 Å². The molecule has 0 saturated carbocycles. The third kappa shape index (κ3) is 4.77. The minimum Gasteiger partial charge on any atom is -0.494 e. The molecule has 2 heterocycles. The molecule has 0 unspecified atom stereocenters. The van der Waals surface area contributed by atoms with Crippen LogP contribution in [-0.2, 0) is 11.6 Å². The van der Waals surface area contributed by atoms with Crippen LogP contribution in [0.15, 0.2) is 35.6 Å². The molecule has 0 aliphatic carbocycles. The van der Waals surface area contributed by atoms with Gasteiger partial charge in [0.2, 0.25) is 0 Å². The lowest BCUT2D eigenvalue weighted by atomic mass is 10.1. The summed E-state index contributed by atoms with van der Waals surface area (Å²) >= 11 is 0. The summed E-state index contributed by atoms with van der Waals surface area (Å²) in [4.78, 5) is 27.3. The van der Waals surface area contributed by atoms with Gasteiger partial charge in [-0.25, -0.2) is 9.37 Å². The number of aromatic nitrogens is 3. The number of ether oxygens (including phenoxy) is 1. The van der Waals surface area contributed by atoms with Crippen LogP contribution in [0, 0.1) is 10.7 Å². The van der Waals surface area contributed by atoms with Crippen LogP contribution in [0.25, 0.3) is 11.3 Å². The molecule has 0 bridgehead atoms. The fourth-order valence-corrected chi connectivity index (χ4v) is 5.80. The lowest BCUT2D eigenvalue weighted by Crippen LogP contribution is -2.17. The van der Waals surface area contributed by atoms with Crippen molar-refractivity contribution in [2.45, 2.75) is 27.2 Å². The van der Waals surface area contributed by atoms with Crippen LogP contribution >= 0.6 is 7.14 Å². The summed E-state index contributed by atoms with van der Waals surface area (Å²) in [5, 5.41) is 10.3. The molecular weight excluding hydrogens is 460 g/mol. The Kier molecular flexibility index (Phi) is 7.61. The van der Waals surface area contributed by atoms with Crippen LogP contribution in [0.1, 0.15) is 37.6 Å². The van der Waals surface area contributed by atoms with Gasteiger partial charge < -0.3 is 14.6 Å². The zero-order valence-electron chi connectivity index (χ0n) is 19.8. The van der Waals surface area contributed by atoms with Crippen LogP contribution in [0.3, 0.4) is 0 Å². The van der Waals surface area contributed by atoms with Gasteiger partial charge in [-0.3, -0.25) is 9.48 Å². The average Bonchev–Trinajstić information content (AvgIpc) is 3.24. The highest BCUT2D eigenvalue weighted by Gasteiger charge is 2.27. The highest BCUT2D eigenvalue weighted by atomic mass is 31.2. The van der Waals surface area contributed by atoms with Crippen molar-refractivity contribution in [3.8, 4) is 17.0 Å². The highest BCUT2D eigenvalue weighted by Crippen LogP contribution is 2.45. The number of nitrogens with one attached hydrogen (secondary N) is 1. The number of methoxy groups -OCH3 is 1. The molecule has 1 aromatic carbocycles. The first kappa shape index (κ1) is 25.2. The van der Waals surface area contributed by atoms with E-state index in [9.17, 15) is 18.7 Å². The van der Waals surface area contributed by atoms with Gasteiger partial charge in [-0.1, -0.05) is 20.8 Å². The number of hydrogen-bond acceptors (Lipinski definition) is 8. The molecule has 34 heavy (non-hydrogen) atoms. The summed E-state index contributed by atoms with van der Waals surface area (Å²) in [6.07, 6.45) is 2.44. The second-order valence-electron chi connectivity index (χ2n) is 7.65. The SMILES string of the molecule is CCC(=O)c1cnc(N=O)cc1Nc1cc(F)cc(-c2cc(P(=O)(CC)CC)n(C)n2)c1OC. The van der Waals surface area contributed by atoms with Gasteiger partial charge in [0.1, 0.15) is 13.0 Å². The van der Waals surface area contributed by atoms with E-state index in [1.807, 2.05) is 13.8 Å². The Hall–Kier alpha value is -3.39. The molecule has 0 atom stereocenters. The van der Waals surface area contributed by atoms with Crippen molar-refractivity contribution in [1.29, 1.82) is 0 Å². The predicted molar refractivity (Wildman–Crippen MR) is 131 cm³/mol. The minimum absolute atomic E-state index is 0.130. The quantitative estimate of drug-likeness (QED) is 0.231. The molecule has 1 N–H and O–H groups in total. The highest BCUT2D eigenvalue weighted by molar-refractivity contribution is 7.71. The van der Waals surface area contributed by atoms with Gasteiger partial charge in [0, 0.05) is 49.7 Å². The number of anilines is 2. The van der Waals surface area contributed by atoms with Gasteiger partial charge in [0.25, 0.3) is 0 Å². The number of ketones is 1. The summed E-state index contributed by atoms with van der Waals surface area (Å²) < 4.78 is 35.2. The van der Waals surface area contributed by atoms with E-state index < -0.39 is 13.0 Å². The maximum absolute atomic E-state index is 14.7. The summed E-state index contributed by atoms with van der Waals surface area (Å²) in [6.45, 7) is 5.44. The topological polar surface area (TPSA) is 116 Å². The van der Waals surface area contributed by atoms with Crippen molar-refractivity contribution in [1.82, 2.24) is 14.8 Å². The Balaban J connectivity index is 2.17. The number of Topliss-reactive ketones (excluding diaryl/α,β-unsaturated/α-hetero) is 1. The number of hydrogen-bond donors (Lipinski definition) is 1. The number of aryl methyl sites for hydroxylation is 1. The third-order valence-corrected chi connectivity index (χ3v) is 9.00. The van der Waals surface area contributed by atoms with Crippen LogP contribution in [0.4, 0.5) is 21.6 Å². The number of nitroso groups, excluding NO2 is 1. The van der Waals surface area contributed by atoms with Crippen LogP contribution < -0.4 is 15.5 Å². The summed E-state index contributed by atoms with van der Waals surface area (Å²) in [6, 6.07) is 5.51. The van der Waals surface area contributed by atoms with Crippen molar-refractivity contribution in [2.75, 3.05) is 24.8 Å². The standard InChI is InChI=1S/C23H27FN5O4P/c1-6-20(30)16-13-25-21(28-31)11-17(16)26-19-10-14(24)9-15(23(19)33-5)18-12-22(29(4)27-18)34(32,7-2)8-3/h9-13H,6-8H2,1-5H3,(H,25,26). The minimum atomic E-state index is -2.64. The number of carbonyl (C=O) groups excluding carboxylic acids is 1. The predicted octanol–water partition coefficient (Wildman–Crippen LogP) is 5.39. The first-order chi connectivity index (χ1) is 16.2. The summed E-state index contributed by atoms with van der Waals surface area (Å²) in [5.41, 5.74) is 2.03. The van der Waals surface area contributed by atoms with Crippen molar-refractivity contribution in [3.05, 3.63) is 46.8 Å². The molecule has 3 aromatic rings. The van der Waals surface area contributed by atoms with E-state index in [0.717, 1.165) is 0 Å². The van der Waals surface area contributed by atoms with E-state index >= 15 is 0 Å². The smallest absolute Gasteiger partial charge is 0.198 e. The van der Waals surface area contributed by atoms with Gasteiger partial charge in [-0.05, 0) is 17.3 Å². The van der Waals surface area contributed by atoms with E-state index in [1.165, 1.54) is 31.5 Å². The normalized spacial score (nSPS) is 11.4. The van der Waals surface area contributed by atoms with Crippen molar-refractivity contribution < 1.29 is 18.5 Å². The van der Waals surface area contributed by atoms with Crippen molar-refractivity contribution >= 4 is 35.6 Å². The second kappa shape index (κ2) is 10.3. The molecule has 9 nitrogen and oxygen atoms in total. The number of halogens is 1. The van der Waals surface area contributed by atoms with Gasteiger partial charge >= 0.3 is 0 Å². The molecule has 0 aliphatic rings. The molecular formula is C23H27FN5O4P. The van der Waals surface area contributed by atoms with Crippen molar-refractivity contribution in [2.24, 2.45) is 12.2 Å². The van der Waals surface area contributed by atoms with E-state index in [0.29, 0.717) is 29.0 Å². The number of rotatable bonds is 10. The van der Waals surface area contributed by atoms with E-state index in [-0.39, 0.29) is 40.7 Å². The average molecular weight is 487 g/mol. The molecule has 0 fully saturated rings. The monoisotopic (exact) mass is 487 g/mol. The molecule has 2 aromatic heterocycles. The maximum Gasteiger partial charge on any atom is 0.198 e. The van der Waals surface area contributed by atoms with E-state index in [4.69, 9.17) is 4.74 Å². The lowest BCUT2D eigenvalue weighted by molar-refractivity contribution is 0.0988. The lowest BCUT2D eigenvalue weighted by Gasteiger charge is -2.16. The summed E-state index contributed by atoms with van der Waals surface area (Å²) in [5.74, 6) is -0.658. The second-order valence-corrected chi connectivity index (χ2v) is 11.2. The molecule has 180 valence electrons. The third-order valence-electron chi connectivity index (χ3n) is 5.70. The van der Waals surface area contributed by atoms with Crippen LogP contribution in [0.2, 0.25) is 0 Å². The maximum atomic E-state index is 14.7. The fraction of sp³-hybridized carbons (Fsp3) is 0.348. The summed E-state index contributed by atoms with van der Waals surface area (Å²) in [7, 11) is 0.495. The Bertz CT molecular complexity index is 1280. The molecule has 0 amide bonds. The fourth-order valence-electron chi connectivity index (χ4n) is 3.77. The van der Waals surface area contributed by atoms with Crippen LogP contribution in [-0.4, -0.2) is 40.0 Å². The van der Waals surface area contributed by atoms with Gasteiger partial charge in [0.15, 0.2) is 17.4 Å². The largest absolute Gasteiger partial charge is 0.494 e. The van der Waals surface area contributed by atoms with Gasteiger partial charge in [0.05, 0.1) is 35.2 Å². The Labute approximate surface area is 197 Å². The first-order valence-corrected chi connectivity index (χ1v) is 12.9. The number of nitrogens with zero attached hydrogens (tertiary/aromatic N) is 4. The zero-order chi connectivity index (χ0) is 25.0. The number of carbonyl (C=O) groups is 1. The zero-order valence-corrected chi connectivity index (χ0v) is 20.6. The van der Waals surface area contributed by atoms with E-state index in [1.54, 1.807) is 24.7 Å². The molecule has 0 radical (unpaired) electrons. The molecule has 0 spiro atoms. The first-order valence-electron chi connectivity index (χ1n) is 10.8. The Morgan fingerprint density at radius 1 is 1.18 bits per heavy atom. The van der Waals surface area contributed by atoms with Gasteiger partial charge in [-0.2, -0.15) is 5.10 Å². The Morgan fingerprint density at radius 3 is 2.47 bits per heavy atom. The van der Waals surface area contributed by atoms with Crippen molar-refractivity contribution in [3.63, 3.8) is 0 Å². The number of pyridine rings is 1. The van der Waals surface area contributed by atoms with Crippen LogP contribution in [0.5, 0.6) is 5.75 Å².